The summed E-state index contributed by atoms with van der Waals surface area (Å²) in [5, 5.41) is 21.1. The molecule has 0 aliphatic rings. The number of carbonyl (C=O) groups excluding carboxylic acids is 1. The van der Waals surface area contributed by atoms with Crippen LogP contribution in [0.25, 0.3) is 0 Å². The minimum Gasteiger partial charge on any atom is -0.495 e. The number of ether oxygens (including phenoxy) is 2. The van der Waals surface area contributed by atoms with E-state index in [0.29, 0.717) is 18.0 Å². The number of carbonyl (C=O) groups is 1. The summed E-state index contributed by atoms with van der Waals surface area (Å²) in [6, 6.07) is 9.54. The van der Waals surface area contributed by atoms with Gasteiger partial charge in [0.1, 0.15) is 5.75 Å². The summed E-state index contributed by atoms with van der Waals surface area (Å²) < 4.78 is 10.3. The summed E-state index contributed by atoms with van der Waals surface area (Å²) in [6.07, 6.45) is 0. The average Bonchev–Trinajstić information content (AvgIpc) is 2.55. The molecule has 3 N–H and O–H groups in total. The van der Waals surface area contributed by atoms with Crippen LogP contribution in [0, 0.1) is 0 Å². The molecule has 24 heavy (non-hydrogen) atoms. The zero-order valence-electron chi connectivity index (χ0n) is 13.2. The van der Waals surface area contributed by atoms with Gasteiger partial charge in [0, 0.05) is 23.2 Å². The zero-order chi connectivity index (χ0) is 17.7. The van der Waals surface area contributed by atoms with Gasteiger partial charge in [-0.25, -0.2) is 0 Å². The molecule has 8 heteroatoms. The molecule has 2 aromatic carbocycles. The first-order valence-corrected chi connectivity index (χ1v) is 7.47. The minimum atomic E-state index is -1.69. The Morgan fingerprint density at radius 1 is 1.21 bits per heavy atom. The first-order chi connectivity index (χ1) is 11.5. The fourth-order valence-electron chi connectivity index (χ4n) is 2.17. The van der Waals surface area contributed by atoms with Gasteiger partial charge in [0.2, 0.25) is 0 Å². The first-order valence-electron chi connectivity index (χ1n) is 7.09. The predicted octanol–water partition coefficient (Wildman–Crippen LogP) is 1.43. The Kier molecular flexibility index (Phi) is 6.22. The van der Waals surface area contributed by atoms with Crippen molar-refractivity contribution in [3.8, 4) is 5.75 Å². The summed E-state index contributed by atoms with van der Waals surface area (Å²) in [4.78, 5) is 12.4. The second kappa shape index (κ2) is 8.16. The topological polar surface area (TPSA) is 88.0 Å². The second-order valence-corrected chi connectivity index (χ2v) is 5.44. The smallest absolute Gasteiger partial charge is 0.489 e. The van der Waals surface area contributed by atoms with E-state index in [1.54, 1.807) is 19.2 Å². The van der Waals surface area contributed by atoms with Crippen molar-refractivity contribution < 1.29 is 24.3 Å². The third kappa shape index (κ3) is 4.27. The van der Waals surface area contributed by atoms with Gasteiger partial charge < -0.3 is 24.8 Å². The Balaban J connectivity index is 2.22. The number of halogens is 1. The van der Waals surface area contributed by atoms with Crippen LogP contribution in [0.1, 0.15) is 15.9 Å². The molecule has 0 unspecified atom stereocenters. The van der Waals surface area contributed by atoms with Crippen LogP contribution in [0.4, 0.5) is 5.69 Å². The molecule has 0 spiro atoms. The largest absolute Gasteiger partial charge is 0.495 e. The predicted molar refractivity (Wildman–Crippen MR) is 92.9 cm³/mol. The van der Waals surface area contributed by atoms with Crippen molar-refractivity contribution in [2.45, 2.75) is 6.61 Å². The number of hydrogen-bond donors (Lipinski definition) is 3. The second-order valence-electron chi connectivity index (χ2n) is 5.03. The average molecular weight is 350 g/mol. The van der Waals surface area contributed by atoms with Crippen molar-refractivity contribution in [2.24, 2.45) is 0 Å². The molecule has 2 aromatic rings. The van der Waals surface area contributed by atoms with Gasteiger partial charge in [0.15, 0.2) is 0 Å². The quantitative estimate of drug-likeness (QED) is 0.687. The van der Waals surface area contributed by atoms with Crippen molar-refractivity contribution in [1.29, 1.82) is 0 Å². The summed E-state index contributed by atoms with van der Waals surface area (Å²) in [6.45, 7) is 0.436. The van der Waals surface area contributed by atoms with E-state index in [1.165, 1.54) is 25.3 Å². The molecule has 0 aliphatic carbocycles. The molecule has 0 saturated heterocycles. The van der Waals surface area contributed by atoms with Crippen LogP contribution in [0.5, 0.6) is 5.75 Å². The molecule has 0 radical (unpaired) electrons. The molecular formula is C16H17BClNO5. The van der Waals surface area contributed by atoms with Crippen LogP contribution >= 0.6 is 11.6 Å². The molecular weight excluding hydrogens is 332 g/mol. The van der Waals surface area contributed by atoms with Gasteiger partial charge in [-0.2, -0.15) is 0 Å². The van der Waals surface area contributed by atoms with Gasteiger partial charge in [0.25, 0.3) is 5.91 Å². The van der Waals surface area contributed by atoms with E-state index in [-0.39, 0.29) is 16.0 Å². The molecule has 1 amide bonds. The van der Waals surface area contributed by atoms with Crippen LogP contribution in [-0.4, -0.2) is 37.3 Å². The maximum atomic E-state index is 12.4. The molecule has 6 nitrogen and oxygen atoms in total. The van der Waals surface area contributed by atoms with E-state index in [2.05, 4.69) is 5.32 Å². The number of benzene rings is 2. The highest BCUT2D eigenvalue weighted by molar-refractivity contribution is 6.62. The lowest BCUT2D eigenvalue weighted by atomic mass is 9.80. The van der Waals surface area contributed by atoms with Crippen molar-refractivity contribution in [2.75, 3.05) is 19.5 Å². The van der Waals surface area contributed by atoms with Crippen LogP contribution in [0.2, 0.25) is 5.02 Å². The van der Waals surface area contributed by atoms with Crippen LogP contribution < -0.4 is 15.5 Å². The fraction of sp³-hybridized carbons (Fsp3) is 0.188. The molecule has 0 aromatic heterocycles. The molecule has 0 fully saturated rings. The standard InChI is InChI=1S/C16H17BClNO5/c1-23-9-10-3-6-14(15(7-10)24-2)19-16(20)11-4-5-12(17(21)22)13(18)8-11/h3-8,21-22H,9H2,1-2H3,(H,19,20). The van der Waals surface area contributed by atoms with Crippen molar-refractivity contribution in [1.82, 2.24) is 0 Å². The summed E-state index contributed by atoms with van der Waals surface area (Å²) in [5.74, 6) is 0.111. The Morgan fingerprint density at radius 2 is 1.96 bits per heavy atom. The van der Waals surface area contributed by atoms with Gasteiger partial charge in [-0.15, -0.1) is 0 Å². The lowest BCUT2D eigenvalue weighted by molar-refractivity contribution is 0.102. The van der Waals surface area contributed by atoms with Gasteiger partial charge in [-0.05, 0) is 29.8 Å². The number of anilines is 1. The van der Waals surface area contributed by atoms with Crippen LogP contribution in [0.3, 0.4) is 0 Å². The van der Waals surface area contributed by atoms with E-state index in [1.807, 2.05) is 6.07 Å². The molecule has 0 aliphatic heterocycles. The number of amides is 1. The Hall–Kier alpha value is -2.06. The molecule has 2 rings (SSSR count). The number of methoxy groups -OCH3 is 2. The minimum absolute atomic E-state index is 0.0973. The van der Waals surface area contributed by atoms with E-state index < -0.39 is 13.0 Å². The van der Waals surface area contributed by atoms with Crippen molar-refractivity contribution in [3.63, 3.8) is 0 Å². The van der Waals surface area contributed by atoms with E-state index in [4.69, 9.17) is 31.1 Å². The first kappa shape index (κ1) is 18.3. The third-order valence-electron chi connectivity index (χ3n) is 3.37. The molecule has 0 saturated carbocycles. The summed E-state index contributed by atoms with van der Waals surface area (Å²) >= 11 is 5.95. The highest BCUT2D eigenvalue weighted by Crippen LogP contribution is 2.26. The normalized spacial score (nSPS) is 10.4. The monoisotopic (exact) mass is 349 g/mol. The van der Waals surface area contributed by atoms with Crippen LogP contribution in [-0.2, 0) is 11.3 Å². The highest BCUT2D eigenvalue weighted by atomic mass is 35.5. The third-order valence-corrected chi connectivity index (χ3v) is 3.69. The number of hydrogen-bond acceptors (Lipinski definition) is 5. The number of rotatable bonds is 6. The van der Waals surface area contributed by atoms with Gasteiger partial charge >= 0.3 is 7.12 Å². The molecule has 126 valence electrons. The summed E-state index contributed by atoms with van der Waals surface area (Å²) in [7, 11) is 1.41. The van der Waals surface area contributed by atoms with Crippen LogP contribution in [0.15, 0.2) is 36.4 Å². The SMILES string of the molecule is COCc1ccc(NC(=O)c2ccc(B(O)O)c(Cl)c2)c(OC)c1. The molecule has 0 atom stereocenters. The lowest BCUT2D eigenvalue weighted by Gasteiger charge is -2.12. The maximum Gasteiger partial charge on any atom is 0.489 e. The Bertz CT molecular complexity index is 738. The Labute approximate surface area is 145 Å². The van der Waals surface area contributed by atoms with E-state index in [0.717, 1.165) is 5.56 Å². The van der Waals surface area contributed by atoms with Gasteiger partial charge in [0.05, 0.1) is 19.4 Å². The lowest BCUT2D eigenvalue weighted by Crippen LogP contribution is -2.31. The summed E-state index contributed by atoms with van der Waals surface area (Å²) in [5.41, 5.74) is 1.84. The van der Waals surface area contributed by atoms with Gasteiger partial charge in [-0.3, -0.25) is 4.79 Å². The van der Waals surface area contributed by atoms with Crippen molar-refractivity contribution in [3.05, 3.63) is 52.5 Å². The van der Waals surface area contributed by atoms with E-state index >= 15 is 0 Å². The number of nitrogens with one attached hydrogen (secondary N) is 1. The zero-order valence-corrected chi connectivity index (χ0v) is 14.0. The maximum absolute atomic E-state index is 12.4. The van der Waals surface area contributed by atoms with Gasteiger partial charge in [-0.1, -0.05) is 23.7 Å². The molecule has 0 heterocycles. The Morgan fingerprint density at radius 3 is 2.54 bits per heavy atom. The fourth-order valence-corrected chi connectivity index (χ4v) is 2.45. The van der Waals surface area contributed by atoms with Crippen molar-refractivity contribution >= 4 is 35.8 Å². The highest BCUT2D eigenvalue weighted by Gasteiger charge is 2.17. The molecule has 0 bridgehead atoms. The van der Waals surface area contributed by atoms with E-state index in [9.17, 15) is 4.79 Å².